The fraction of sp³-hybridized carbons (Fsp3) is 0.350. The number of nitrogens with one attached hydrogen (secondary N) is 1. The van der Waals surface area contributed by atoms with E-state index in [0.717, 1.165) is 5.56 Å². The third-order valence-corrected chi connectivity index (χ3v) is 6.46. The predicted octanol–water partition coefficient (Wildman–Crippen LogP) is 3.25. The van der Waals surface area contributed by atoms with Crippen LogP contribution < -0.4 is 5.32 Å². The lowest BCUT2D eigenvalue weighted by Crippen LogP contribution is -2.31. The second-order valence-electron chi connectivity index (χ2n) is 6.14. The third kappa shape index (κ3) is 4.71. The number of nitrogens with zero attached hydrogens (tertiary/aromatic N) is 1. The minimum Gasteiger partial charge on any atom is -0.351 e. The average molecular weight is 375 g/mol. The van der Waals surface area contributed by atoms with Crippen LogP contribution in [0.3, 0.4) is 0 Å². The predicted molar refractivity (Wildman–Crippen MR) is 104 cm³/mol. The van der Waals surface area contributed by atoms with Crippen molar-refractivity contribution in [3.8, 4) is 0 Å². The highest BCUT2D eigenvalue weighted by Crippen LogP contribution is 2.17. The van der Waals surface area contributed by atoms with Gasteiger partial charge in [-0.3, -0.25) is 4.79 Å². The topological polar surface area (TPSA) is 66.5 Å². The Hall–Kier alpha value is -2.18. The maximum Gasteiger partial charge on any atom is 0.251 e. The summed E-state index contributed by atoms with van der Waals surface area (Å²) in [5, 5.41) is 2.90. The molecule has 2 rings (SSSR count). The van der Waals surface area contributed by atoms with Crippen molar-refractivity contribution in [3.05, 3.63) is 65.7 Å². The van der Waals surface area contributed by atoms with Crippen LogP contribution in [0.15, 0.2) is 59.5 Å². The zero-order chi connectivity index (χ0) is 19.2. The molecule has 1 atom stereocenters. The second-order valence-corrected chi connectivity index (χ2v) is 8.07. The first-order chi connectivity index (χ1) is 12.4. The number of hydrogen-bond acceptors (Lipinski definition) is 3. The van der Waals surface area contributed by atoms with E-state index in [1.165, 1.54) is 16.4 Å². The van der Waals surface area contributed by atoms with Crippen LogP contribution in [-0.4, -0.2) is 38.3 Å². The Labute approximate surface area is 156 Å². The third-order valence-electron chi connectivity index (χ3n) is 4.40. The molecule has 0 aliphatic rings. The lowest BCUT2D eigenvalue weighted by molar-refractivity contribution is 0.0951. The Balaban J connectivity index is 2.03. The fourth-order valence-electron chi connectivity index (χ4n) is 2.74. The lowest BCUT2D eigenvalue weighted by atomic mass is 10.0. The Morgan fingerprint density at radius 1 is 1.00 bits per heavy atom. The van der Waals surface area contributed by atoms with Crippen LogP contribution in [-0.2, 0) is 10.0 Å². The first-order valence-electron chi connectivity index (χ1n) is 8.83. The second kappa shape index (κ2) is 8.96. The molecule has 0 heterocycles. The van der Waals surface area contributed by atoms with Gasteiger partial charge in [-0.25, -0.2) is 8.42 Å². The normalized spacial score (nSPS) is 12.8. The van der Waals surface area contributed by atoms with Crippen molar-refractivity contribution in [2.75, 3.05) is 19.6 Å². The zero-order valence-corrected chi connectivity index (χ0v) is 16.3. The van der Waals surface area contributed by atoms with Crippen molar-refractivity contribution in [1.82, 2.24) is 9.62 Å². The molecule has 0 fully saturated rings. The first kappa shape index (κ1) is 20.1. The molecule has 0 aromatic heterocycles. The van der Waals surface area contributed by atoms with Gasteiger partial charge in [0, 0.05) is 25.2 Å². The SMILES string of the molecule is CCN(CC)S(=O)(=O)c1ccc(C(=O)NCC(C)c2ccccc2)cc1. The summed E-state index contributed by atoms with van der Waals surface area (Å²) in [7, 11) is -3.50. The molecule has 1 unspecified atom stereocenters. The standard InChI is InChI=1S/C20H26N2O3S/c1-4-22(5-2)26(24,25)19-13-11-18(12-14-19)20(23)21-15-16(3)17-9-7-6-8-10-17/h6-14,16H,4-5,15H2,1-3H3,(H,21,23). The lowest BCUT2D eigenvalue weighted by Gasteiger charge is -2.18. The van der Waals surface area contributed by atoms with Gasteiger partial charge in [0.2, 0.25) is 10.0 Å². The maximum atomic E-state index is 12.5. The van der Waals surface area contributed by atoms with Gasteiger partial charge in [-0.05, 0) is 35.7 Å². The highest BCUT2D eigenvalue weighted by Gasteiger charge is 2.21. The van der Waals surface area contributed by atoms with E-state index >= 15 is 0 Å². The smallest absolute Gasteiger partial charge is 0.251 e. The minimum absolute atomic E-state index is 0.197. The van der Waals surface area contributed by atoms with Crippen molar-refractivity contribution in [2.45, 2.75) is 31.6 Å². The largest absolute Gasteiger partial charge is 0.351 e. The van der Waals surface area contributed by atoms with Crippen LogP contribution in [0.2, 0.25) is 0 Å². The summed E-state index contributed by atoms with van der Waals surface area (Å²) in [4.78, 5) is 12.5. The molecule has 26 heavy (non-hydrogen) atoms. The van der Waals surface area contributed by atoms with Crippen LogP contribution in [0.25, 0.3) is 0 Å². The van der Waals surface area contributed by atoms with Gasteiger partial charge in [-0.2, -0.15) is 4.31 Å². The van der Waals surface area contributed by atoms with E-state index in [9.17, 15) is 13.2 Å². The summed E-state index contributed by atoms with van der Waals surface area (Å²) in [6, 6.07) is 16.1. The number of sulfonamides is 1. The van der Waals surface area contributed by atoms with Crippen LogP contribution >= 0.6 is 0 Å². The Bertz CT molecular complexity index is 814. The Morgan fingerprint density at radius 2 is 1.58 bits per heavy atom. The van der Waals surface area contributed by atoms with Gasteiger partial charge >= 0.3 is 0 Å². The molecule has 2 aromatic rings. The van der Waals surface area contributed by atoms with Crippen molar-refractivity contribution in [3.63, 3.8) is 0 Å². The van der Waals surface area contributed by atoms with E-state index in [1.54, 1.807) is 26.0 Å². The van der Waals surface area contributed by atoms with Gasteiger partial charge < -0.3 is 5.32 Å². The average Bonchev–Trinajstić information content (AvgIpc) is 2.67. The molecular formula is C20H26N2O3S. The monoisotopic (exact) mass is 374 g/mol. The fourth-order valence-corrected chi connectivity index (χ4v) is 4.20. The molecule has 0 spiro atoms. The van der Waals surface area contributed by atoms with E-state index in [4.69, 9.17) is 0 Å². The van der Waals surface area contributed by atoms with Crippen LogP contribution in [0, 0.1) is 0 Å². The number of carbonyl (C=O) groups excluding carboxylic acids is 1. The molecule has 0 saturated carbocycles. The summed E-state index contributed by atoms with van der Waals surface area (Å²) in [6.07, 6.45) is 0. The molecule has 0 radical (unpaired) electrons. The molecule has 6 heteroatoms. The van der Waals surface area contributed by atoms with Gasteiger partial charge in [0.25, 0.3) is 5.91 Å². The van der Waals surface area contributed by atoms with E-state index < -0.39 is 10.0 Å². The number of benzene rings is 2. The van der Waals surface area contributed by atoms with Gasteiger partial charge in [-0.15, -0.1) is 0 Å². The molecule has 1 N–H and O–H groups in total. The van der Waals surface area contributed by atoms with Crippen LogP contribution in [0.5, 0.6) is 0 Å². The quantitative estimate of drug-likeness (QED) is 0.771. The molecule has 0 saturated heterocycles. The molecular weight excluding hydrogens is 348 g/mol. The van der Waals surface area contributed by atoms with Crippen LogP contribution in [0.4, 0.5) is 0 Å². The summed E-state index contributed by atoms with van der Waals surface area (Å²) in [6.45, 7) is 7.00. The number of carbonyl (C=O) groups is 1. The molecule has 0 aliphatic carbocycles. The highest BCUT2D eigenvalue weighted by atomic mass is 32.2. The van der Waals surface area contributed by atoms with E-state index in [2.05, 4.69) is 12.2 Å². The van der Waals surface area contributed by atoms with E-state index in [1.807, 2.05) is 30.3 Å². The van der Waals surface area contributed by atoms with Crippen molar-refractivity contribution in [2.24, 2.45) is 0 Å². The molecule has 5 nitrogen and oxygen atoms in total. The van der Waals surface area contributed by atoms with Gasteiger partial charge in [0.1, 0.15) is 0 Å². The summed E-state index contributed by atoms with van der Waals surface area (Å²) < 4.78 is 26.3. The van der Waals surface area contributed by atoms with Gasteiger partial charge in [0.15, 0.2) is 0 Å². The molecule has 140 valence electrons. The molecule has 1 amide bonds. The van der Waals surface area contributed by atoms with Crippen LogP contribution in [0.1, 0.15) is 42.6 Å². The van der Waals surface area contributed by atoms with Crippen molar-refractivity contribution < 1.29 is 13.2 Å². The number of hydrogen-bond donors (Lipinski definition) is 1. The summed E-state index contributed by atoms with van der Waals surface area (Å²) in [5.74, 6) is -0.0120. The van der Waals surface area contributed by atoms with E-state index in [0.29, 0.717) is 25.2 Å². The Kier molecular flexibility index (Phi) is 6.94. The van der Waals surface area contributed by atoms with Gasteiger partial charge in [-0.1, -0.05) is 51.1 Å². The van der Waals surface area contributed by atoms with Gasteiger partial charge in [0.05, 0.1) is 4.90 Å². The number of rotatable bonds is 8. The number of amides is 1. The molecule has 0 aliphatic heterocycles. The van der Waals surface area contributed by atoms with Crippen molar-refractivity contribution >= 4 is 15.9 Å². The highest BCUT2D eigenvalue weighted by molar-refractivity contribution is 7.89. The van der Waals surface area contributed by atoms with E-state index in [-0.39, 0.29) is 16.7 Å². The zero-order valence-electron chi connectivity index (χ0n) is 15.5. The first-order valence-corrected chi connectivity index (χ1v) is 10.3. The molecule has 0 bridgehead atoms. The summed E-state index contributed by atoms with van der Waals surface area (Å²) >= 11 is 0. The maximum absolute atomic E-state index is 12.5. The minimum atomic E-state index is -3.50. The molecule has 2 aromatic carbocycles. The van der Waals surface area contributed by atoms with Crippen molar-refractivity contribution in [1.29, 1.82) is 0 Å². The summed E-state index contributed by atoms with van der Waals surface area (Å²) in [5.41, 5.74) is 1.61. The Morgan fingerprint density at radius 3 is 2.12 bits per heavy atom.